The van der Waals surface area contributed by atoms with Crippen molar-refractivity contribution in [3.63, 3.8) is 0 Å². The lowest BCUT2D eigenvalue weighted by atomic mass is 9.90. The summed E-state index contributed by atoms with van der Waals surface area (Å²) < 4.78 is 26.6. The maximum atomic E-state index is 13.9. The van der Waals surface area contributed by atoms with Crippen LogP contribution < -0.4 is 10.1 Å². The minimum Gasteiger partial charge on any atom is -0.494 e. The van der Waals surface area contributed by atoms with Crippen LogP contribution in [0.5, 0.6) is 5.75 Å². The number of hydrogen-bond acceptors (Lipinski definition) is 7. The Morgan fingerprint density at radius 3 is 2.73 bits per heavy atom. The number of ether oxygens (including phenoxy) is 2. The SMILES string of the molecule is CNc1nccn1Cc1cc(CN2CCOCC2)c2c(c1)C(=O)N([C@@H](C)c1cc(OC)c(F)cn1)CC2. The van der Waals surface area contributed by atoms with Gasteiger partial charge in [0.15, 0.2) is 11.6 Å². The van der Waals surface area contributed by atoms with E-state index in [9.17, 15) is 9.18 Å². The largest absolute Gasteiger partial charge is 0.494 e. The number of aromatic nitrogens is 3. The molecule has 0 spiro atoms. The van der Waals surface area contributed by atoms with Crippen molar-refractivity contribution in [3.05, 3.63) is 70.6 Å². The quantitative estimate of drug-likeness (QED) is 0.501. The molecule has 2 aliphatic heterocycles. The summed E-state index contributed by atoms with van der Waals surface area (Å²) in [5, 5.41) is 3.11. The minimum atomic E-state index is -0.522. The predicted octanol–water partition coefficient (Wildman–Crippen LogP) is 3.11. The van der Waals surface area contributed by atoms with E-state index in [2.05, 4.69) is 26.3 Å². The molecule has 2 aliphatic rings. The van der Waals surface area contributed by atoms with Crippen molar-refractivity contribution >= 4 is 11.9 Å². The highest BCUT2D eigenvalue weighted by molar-refractivity contribution is 5.97. The molecule has 1 aromatic carbocycles. The Labute approximate surface area is 216 Å². The lowest BCUT2D eigenvalue weighted by molar-refractivity contribution is 0.0339. The van der Waals surface area contributed by atoms with E-state index in [4.69, 9.17) is 9.47 Å². The molecule has 1 atom stereocenters. The van der Waals surface area contributed by atoms with Crippen molar-refractivity contribution < 1.29 is 18.7 Å². The number of methoxy groups -OCH3 is 1. The van der Waals surface area contributed by atoms with Gasteiger partial charge in [0.05, 0.1) is 44.8 Å². The van der Waals surface area contributed by atoms with Crippen LogP contribution in [-0.2, 0) is 24.2 Å². The zero-order valence-electron chi connectivity index (χ0n) is 21.5. The van der Waals surface area contributed by atoms with E-state index in [1.807, 2.05) is 35.7 Å². The maximum absolute atomic E-state index is 13.9. The smallest absolute Gasteiger partial charge is 0.254 e. The number of imidazole rings is 1. The summed E-state index contributed by atoms with van der Waals surface area (Å²) in [6.07, 6.45) is 5.58. The fourth-order valence-electron chi connectivity index (χ4n) is 5.22. The zero-order chi connectivity index (χ0) is 25.9. The highest BCUT2D eigenvalue weighted by atomic mass is 19.1. The number of nitrogens with one attached hydrogen (secondary N) is 1. The number of benzene rings is 1. The van der Waals surface area contributed by atoms with Gasteiger partial charge in [-0.1, -0.05) is 6.07 Å². The molecule has 0 saturated carbocycles. The van der Waals surface area contributed by atoms with Crippen LogP contribution in [0.1, 0.15) is 45.7 Å². The first kappa shape index (κ1) is 25.2. The molecule has 1 amide bonds. The summed E-state index contributed by atoms with van der Waals surface area (Å²) in [4.78, 5) is 26.7. The van der Waals surface area contributed by atoms with E-state index in [1.165, 1.54) is 12.7 Å². The van der Waals surface area contributed by atoms with Gasteiger partial charge in [-0.25, -0.2) is 9.37 Å². The third kappa shape index (κ3) is 5.17. The number of fused-ring (bicyclic) bond motifs is 1. The molecule has 4 heterocycles. The lowest BCUT2D eigenvalue weighted by Gasteiger charge is -2.35. The van der Waals surface area contributed by atoms with Crippen molar-refractivity contribution in [1.82, 2.24) is 24.3 Å². The molecular formula is C27H33FN6O3. The molecule has 1 N–H and O–H groups in total. The Morgan fingerprint density at radius 2 is 1.97 bits per heavy atom. The van der Waals surface area contributed by atoms with Gasteiger partial charge in [0.1, 0.15) is 0 Å². The van der Waals surface area contributed by atoms with E-state index in [-0.39, 0.29) is 17.7 Å². The number of nitrogens with zero attached hydrogens (tertiary/aromatic N) is 5. The van der Waals surface area contributed by atoms with E-state index in [1.54, 1.807) is 12.3 Å². The second-order valence-corrected chi connectivity index (χ2v) is 9.47. The number of hydrogen-bond donors (Lipinski definition) is 1. The fourth-order valence-corrected chi connectivity index (χ4v) is 5.22. The van der Waals surface area contributed by atoms with Crippen LogP contribution in [0, 0.1) is 5.82 Å². The first-order valence-electron chi connectivity index (χ1n) is 12.6. The Morgan fingerprint density at radius 1 is 1.16 bits per heavy atom. The van der Waals surface area contributed by atoms with Crippen molar-refractivity contribution in [2.45, 2.75) is 32.5 Å². The molecule has 9 nitrogen and oxygen atoms in total. The third-order valence-electron chi connectivity index (χ3n) is 7.24. The molecule has 0 unspecified atom stereocenters. The molecule has 2 aromatic heterocycles. The number of halogens is 1. The molecule has 1 saturated heterocycles. The Hall–Kier alpha value is -3.50. The summed E-state index contributed by atoms with van der Waals surface area (Å²) >= 11 is 0. The summed E-state index contributed by atoms with van der Waals surface area (Å²) in [6.45, 7) is 7.06. The number of anilines is 1. The van der Waals surface area contributed by atoms with E-state index >= 15 is 0 Å². The number of pyridine rings is 1. The summed E-state index contributed by atoms with van der Waals surface area (Å²) in [5.74, 6) is 0.331. The Kier molecular flexibility index (Phi) is 7.38. The zero-order valence-corrected chi connectivity index (χ0v) is 21.5. The highest BCUT2D eigenvalue weighted by Gasteiger charge is 2.32. The van der Waals surface area contributed by atoms with Gasteiger partial charge in [-0.15, -0.1) is 0 Å². The molecule has 1 fully saturated rings. The number of carbonyl (C=O) groups excluding carboxylic acids is 1. The molecule has 0 aliphatic carbocycles. The van der Waals surface area contributed by atoms with Crippen LogP contribution >= 0.6 is 0 Å². The van der Waals surface area contributed by atoms with Gasteiger partial charge < -0.3 is 24.3 Å². The number of rotatable bonds is 8. The Balaban J connectivity index is 1.48. The highest BCUT2D eigenvalue weighted by Crippen LogP contribution is 2.32. The second kappa shape index (κ2) is 10.9. The normalized spacial score (nSPS) is 17.0. The van der Waals surface area contributed by atoms with Crippen LogP contribution in [0.25, 0.3) is 0 Å². The topological polar surface area (TPSA) is 84.8 Å². The van der Waals surface area contributed by atoms with Gasteiger partial charge in [0, 0.05) is 57.3 Å². The van der Waals surface area contributed by atoms with Gasteiger partial charge in [0.2, 0.25) is 5.95 Å². The molecule has 37 heavy (non-hydrogen) atoms. The summed E-state index contributed by atoms with van der Waals surface area (Å²) in [6, 6.07) is 5.48. The van der Waals surface area contributed by atoms with Gasteiger partial charge in [0.25, 0.3) is 5.91 Å². The monoisotopic (exact) mass is 508 g/mol. The number of amides is 1. The van der Waals surface area contributed by atoms with Crippen LogP contribution in [-0.4, -0.2) is 77.2 Å². The minimum absolute atomic E-state index is 0.0385. The first-order chi connectivity index (χ1) is 18.0. The second-order valence-electron chi connectivity index (χ2n) is 9.47. The average Bonchev–Trinajstić information content (AvgIpc) is 3.37. The van der Waals surface area contributed by atoms with Crippen molar-refractivity contribution in [1.29, 1.82) is 0 Å². The van der Waals surface area contributed by atoms with E-state index in [0.717, 1.165) is 68.1 Å². The van der Waals surface area contributed by atoms with Crippen molar-refractivity contribution in [2.24, 2.45) is 0 Å². The summed E-state index contributed by atoms with van der Waals surface area (Å²) in [7, 11) is 3.27. The van der Waals surface area contributed by atoms with Crippen LogP contribution in [0.2, 0.25) is 0 Å². The molecule has 3 aromatic rings. The third-order valence-corrected chi connectivity index (χ3v) is 7.24. The molecule has 5 rings (SSSR count). The summed E-state index contributed by atoms with van der Waals surface area (Å²) in [5.41, 5.74) is 4.65. The lowest BCUT2D eigenvalue weighted by Crippen LogP contribution is -2.41. The van der Waals surface area contributed by atoms with Crippen molar-refractivity contribution in [3.8, 4) is 5.75 Å². The van der Waals surface area contributed by atoms with Crippen molar-refractivity contribution in [2.75, 3.05) is 52.3 Å². The standard InChI is InChI=1S/C27H33FN6O3/c1-18(24-14-25(36-3)23(28)15-31-24)34-6-4-21-20(17-32-8-10-37-11-9-32)12-19(13-22(21)26(34)35)16-33-7-5-30-27(33)29-2/h5,7,12-15,18H,4,6,8-11,16-17H2,1-3H3,(H,29,30)/t18-/m0/s1. The van der Waals surface area contributed by atoms with Gasteiger partial charge in [-0.3, -0.25) is 14.7 Å². The molecular weight excluding hydrogens is 475 g/mol. The van der Waals surface area contributed by atoms with Crippen LogP contribution in [0.15, 0.2) is 36.8 Å². The molecule has 0 bridgehead atoms. The van der Waals surface area contributed by atoms with E-state index in [0.29, 0.717) is 18.8 Å². The molecule has 0 radical (unpaired) electrons. The van der Waals surface area contributed by atoms with Crippen LogP contribution in [0.3, 0.4) is 0 Å². The molecule has 196 valence electrons. The number of morpholine rings is 1. The average molecular weight is 509 g/mol. The molecule has 10 heteroatoms. The Bertz CT molecular complexity index is 1270. The first-order valence-corrected chi connectivity index (χ1v) is 12.6. The number of carbonyl (C=O) groups is 1. The van der Waals surface area contributed by atoms with Gasteiger partial charge >= 0.3 is 0 Å². The predicted molar refractivity (Wildman–Crippen MR) is 137 cm³/mol. The van der Waals surface area contributed by atoms with Gasteiger partial charge in [-0.2, -0.15) is 0 Å². The fraction of sp³-hybridized carbons (Fsp3) is 0.444. The van der Waals surface area contributed by atoms with Crippen LogP contribution in [0.4, 0.5) is 10.3 Å². The van der Waals surface area contributed by atoms with E-state index < -0.39 is 5.82 Å². The maximum Gasteiger partial charge on any atom is 0.254 e. The van der Waals surface area contributed by atoms with Gasteiger partial charge in [-0.05, 0) is 36.1 Å².